The van der Waals surface area contributed by atoms with Crippen LogP contribution in [-0.4, -0.2) is 19.2 Å². The molecule has 6 heteroatoms. The molecule has 1 aromatic carbocycles. The zero-order chi connectivity index (χ0) is 13.7. The number of rotatable bonds is 4. The minimum absolute atomic E-state index is 0.272. The Balaban J connectivity index is 1.99. The molecule has 0 saturated carbocycles. The van der Waals surface area contributed by atoms with Gasteiger partial charge in [0.25, 0.3) is 5.91 Å². The lowest BCUT2D eigenvalue weighted by molar-refractivity contribution is 0.0955. The average Bonchev–Trinajstić information content (AvgIpc) is 2.84. The summed E-state index contributed by atoms with van der Waals surface area (Å²) in [6.45, 7) is 0. The number of amides is 1. The highest BCUT2D eigenvalue weighted by atomic mass is 79.9. The molecule has 0 bridgehead atoms. The topological polar surface area (TPSA) is 50.7 Å². The normalized spacial score (nSPS) is 10.6. The highest BCUT2D eigenvalue weighted by Gasteiger charge is 2.04. The van der Waals surface area contributed by atoms with Crippen LogP contribution in [-0.2, 0) is 0 Å². The Morgan fingerprint density at radius 3 is 2.95 bits per heavy atom. The van der Waals surface area contributed by atoms with E-state index in [0.717, 1.165) is 8.66 Å². The molecule has 19 heavy (non-hydrogen) atoms. The van der Waals surface area contributed by atoms with Gasteiger partial charge in [0.05, 0.1) is 17.1 Å². The van der Waals surface area contributed by atoms with Crippen LogP contribution in [0.5, 0.6) is 5.75 Å². The summed E-state index contributed by atoms with van der Waals surface area (Å²) in [6.07, 6.45) is 1.60. The van der Waals surface area contributed by atoms with Crippen molar-refractivity contribution in [2.45, 2.75) is 0 Å². The minimum Gasteiger partial charge on any atom is -0.497 e. The van der Waals surface area contributed by atoms with Gasteiger partial charge in [0.15, 0.2) is 0 Å². The summed E-state index contributed by atoms with van der Waals surface area (Å²) in [5.74, 6) is 0.365. The van der Waals surface area contributed by atoms with Gasteiger partial charge in [-0.25, -0.2) is 5.43 Å². The van der Waals surface area contributed by atoms with Crippen LogP contribution in [0.25, 0.3) is 0 Å². The molecule has 1 amide bonds. The Kier molecular flexibility index (Phi) is 4.70. The van der Waals surface area contributed by atoms with Gasteiger partial charge < -0.3 is 4.74 Å². The van der Waals surface area contributed by atoms with Gasteiger partial charge in [-0.05, 0) is 46.3 Å². The monoisotopic (exact) mass is 338 g/mol. The molecule has 1 N–H and O–H groups in total. The van der Waals surface area contributed by atoms with Gasteiger partial charge in [0, 0.05) is 10.4 Å². The van der Waals surface area contributed by atoms with Gasteiger partial charge in [0.2, 0.25) is 0 Å². The number of halogens is 1. The number of carbonyl (C=O) groups excluding carboxylic acids is 1. The first-order valence-corrected chi connectivity index (χ1v) is 7.03. The van der Waals surface area contributed by atoms with Crippen molar-refractivity contribution in [2.24, 2.45) is 5.10 Å². The Hall–Kier alpha value is -1.66. The van der Waals surface area contributed by atoms with Crippen LogP contribution >= 0.6 is 27.3 Å². The van der Waals surface area contributed by atoms with Crippen molar-refractivity contribution < 1.29 is 9.53 Å². The lowest BCUT2D eigenvalue weighted by atomic mass is 10.2. The molecule has 0 spiro atoms. The van der Waals surface area contributed by atoms with Gasteiger partial charge in [-0.15, -0.1) is 11.3 Å². The summed E-state index contributed by atoms with van der Waals surface area (Å²) >= 11 is 4.90. The summed E-state index contributed by atoms with van der Waals surface area (Å²) in [5.41, 5.74) is 2.98. The highest BCUT2D eigenvalue weighted by molar-refractivity contribution is 9.11. The van der Waals surface area contributed by atoms with Gasteiger partial charge in [-0.3, -0.25) is 4.79 Å². The number of benzene rings is 1. The minimum atomic E-state index is -0.272. The second-order valence-electron chi connectivity index (χ2n) is 3.57. The van der Waals surface area contributed by atoms with E-state index < -0.39 is 0 Å². The van der Waals surface area contributed by atoms with Crippen molar-refractivity contribution in [1.82, 2.24) is 5.43 Å². The number of thiophene rings is 1. The Bertz CT molecular complexity index is 610. The lowest BCUT2D eigenvalue weighted by Gasteiger charge is -2.02. The molecule has 0 aliphatic heterocycles. The molecule has 0 radical (unpaired) electrons. The first kappa shape index (κ1) is 13.8. The van der Waals surface area contributed by atoms with E-state index in [9.17, 15) is 4.79 Å². The van der Waals surface area contributed by atoms with Gasteiger partial charge >= 0.3 is 0 Å². The second-order valence-corrected chi connectivity index (χ2v) is 6.07. The quantitative estimate of drug-likeness (QED) is 0.687. The number of ether oxygens (including phenoxy) is 1. The highest BCUT2D eigenvalue weighted by Crippen LogP contribution is 2.20. The van der Waals surface area contributed by atoms with Crippen molar-refractivity contribution in [3.8, 4) is 5.75 Å². The van der Waals surface area contributed by atoms with Crippen molar-refractivity contribution in [2.75, 3.05) is 7.11 Å². The van der Waals surface area contributed by atoms with Crippen LogP contribution in [0.15, 0.2) is 45.3 Å². The summed E-state index contributed by atoms with van der Waals surface area (Å²) in [4.78, 5) is 12.8. The number of hydrogen-bond acceptors (Lipinski definition) is 4. The van der Waals surface area contributed by atoms with Crippen LogP contribution in [0.3, 0.4) is 0 Å². The van der Waals surface area contributed by atoms with E-state index >= 15 is 0 Å². The lowest BCUT2D eigenvalue weighted by Crippen LogP contribution is -2.17. The molecule has 0 fully saturated rings. The summed E-state index contributed by atoms with van der Waals surface area (Å²) < 4.78 is 6.08. The molecule has 0 aliphatic carbocycles. The number of hydrazone groups is 1. The predicted octanol–water partition coefficient (Wildman–Crippen LogP) is 3.28. The van der Waals surface area contributed by atoms with Gasteiger partial charge in [-0.1, -0.05) is 6.07 Å². The number of nitrogens with zero attached hydrogens (tertiary/aromatic N) is 1. The third-order valence-electron chi connectivity index (χ3n) is 2.28. The van der Waals surface area contributed by atoms with E-state index in [1.165, 1.54) is 11.3 Å². The molecular formula is C13H11BrN2O2S. The molecule has 1 heterocycles. The smallest absolute Gasteiger partial charge is 0.271 e. The Morgan fingerprint density at radius 1 is 1.42 bits per heavy atom. The van der Waals surface area contributed by atoms with Crippen LogP contribution < -0.4 is 10.2 Å². The first-order chi connectivity index (χ1) is 9.19. The van der Waals surface area contributed by atoms with E-state index in [1.807, 2.05) is 12.1 Å². The third-order valence-corrected chi connectivity index (χ3v) is 3.84. The van der Waals surface area contributed by atoms with E-state index in [0.29, 0.717) is 11.3 Å². The summed E-state index contributed by atoms with van der Waals surface area (Å²) in [6, 6.07) is 10.7. The largest absolute Gasteiger partial charge is 0.497 e. The van der Waals surface area contributed by atoms with Gasteiger partial charge in [-0.2, -0.15) is 5.10 Å². The number of methoxy groups -OCH3 is 1. The van der Waals surface area contributed by atoms with Crippen LogP contribution in [0.2, 0.25) is 0 Å². The average molecular weight is 339 g/mol. The molecule has 0 saturated heterocycles. The van der Waals surface area contributed by atoms with E-state index in [-0.39, 0.29) is 5.91 Å². The van der Waals surface area contributed by atoms with Crippen molar-refractivity contribution in [1.29, 1.82) is 0 Å². The predicted molar refractivity (Wildman–Crippen MR) is 80.1 cm³/mol. The molecule has 0 atom stereocenters. The maximum Gasteiger partial charge on any atom is 0.271 e. The zero-order valence-corrected chi connectivity index (χ0v) is 12.5. The molecule has 1 aromatic heterocycles. The molecular weight excluding hydrogens is 328 g/mol. The summed E-state index contributed by atoms with van der Waals surface area (Å²) in [5, 5.41) is 3.91. The standard InChI is InChI=1S/C13H11BrN2O2S/c1-18-10-4-2-3-9(7-10)13(17)16-15-8-11-5-6-12(14)19-11/h2-8H,1H3,(H,16,17). The van der Waals surface area contributed by atoms with Crippen LogP contribution in [0.1, 0.15) is 15.2 Å². The third kappa shape index (κ3) is 3.90. The van der Waals surface area contributed by atoms with Gasteiger partial charge in [0.1, 0.15) is 5.75 Å². The maximum absolute atomic E-state index is 11.8. The molecule has 98 valence electrons. The van der Waals surface area contributed by atoms with Crippen LogP contribution in [0.4, 0.5) is 0 Å². The Labute approximate surface area is 123 Å². The number of carbonyl (C=O) groups is 1. The molecule has 4 nitrogen and oxygen atoms in total. The fraction of sp³-hybridized carbons (Fsp3) is 0.0769. The van der Waals surface area contributed by atoms with Crippen molar-refractivity contribution in [3.63, 3.8) is 0 Å². The zero-order valence-electron chi connectivity index (χ0n) is 10.1. The second kappa shape index (κ2) is 6.49. The maximum atomic E-state index is 11.8. The fourth-order valence-corrected chi connectivity index (χ4v) is 2.68. The number of nitrogens with one attached hydrogen (secondary N) is 1. The number of hydrogen-bond donors (Lipinski definition) is 1. The van der Waals surface area contributed by atoms with Crippen molar-refractivity contribution in [3.05, 3.63) is 50.6 Å². The SMILES string of the molecule is COc1cccc(C(=O)NN=Cc2ccc(Br)s2)c1. The van der Waals surface area contributed by atoms with E-state index in [2.05, 4.69) is 26.5 Å². The van der Waals surface area contributed by atoms with Crippen molar-refractivity contribution >= 4 is 39.4 Å². The molecule has 2 aromatic rings. The first-order valence-electron chi connectivity index (χ1n) is 5.42. The molecule has 0 unspecified atom stereocenters. The van der Waals surface area contributed by atoms with E-state index in [4.69, 9.17) is 4.74 Å². The fourth-order valence-electron chi connectivity index (χ4n) is 1.38. The molecule has 2 rings (SSSR count). The summed E-state index contributed by atoms with van der Waals surface area (Å²) in [7, 11) is 1.56. The molecule has 0 aliphatic rings. The van der Waals surface area contributed by atoms with Crippen LogP contribution in [0, 0.1) is 0 Å². The van der Waals surface area contributed by atoms with E-state index in [1.54, 1.807) is 37.6 Å². The Morgan fingerprint density at radius 2 is 2.26 bits per heavy atom.